The highest BCUT2D eigenvalue weighted by Gasteiger charge is 2.19. The quantitative estimate of drug-likeness (QED) is 0.506. The first-order valence-corrected chi connectivity index (χ1v) is 11.6. The normalized spacial score (nSPS) is 12.4. The Balaban J connectivity index is 1.45. The van der Waals surface area contributed by atoms with Gasteiger partial charge in [-0.25, -0.2) is 4.98 Å². The van der Waals surface area contributed by atoms with Crippen LogP contribution in [0.25, 0.3) is 0 Å². The Labute approximate surface area is 205 Å². The van der Waals surface area contributed by atoms with E-state index in [1.165, 1.54) is 0 Å². The molecule has 3 aromatic rings. The lowest BCUT2D eigenvalue weighted by Gasteiger charge is -2.19. The number of hydrogen-bond donors (Lipinski definition) is 2. The molecule has 2 amide bonds. The van der Waals surface area contributed by atoms with Crippen molar-refractivity contribution in [2.24, 2.45) is 4.99 Å². The molecule has 1 aromatic heterocycles. The second-order valence-electron chi connectivity index (χ2n) is 8.03. The zero-order valence-corrected chi connectivity index (χ0v) is 19.8. The maximum atomic E-state index is 12.9. The summed E-state index contributed by atoms with van der Waals surface area (Å²) in [6, 6.07) is 17.7. The van der Waals surface area contributed by atoms with Crippen molar-refractivity contribution in [2.45, 2.75) is 20.3 Å². The van der Waals surface area contributed by atoms with Gasteiger partial charge in [0.05, 0.1) is 17.8 Å². The minimum atomic E-state index is -0.367. The van der Waals surface area contributed by atoms with Crippen molar-refractivity contribution < 1.29 is 9.59 Å². The Kier molecular flexibility index (Phi) is 7.53. The number of aliphatic imine (C=N–C) groups is 1. The van der Waals surface area contributed by atoms with E-state index in [0.29, 0.717) is 22.6 Å². The number of nitrogens with one attached hydrogen (secondary N) is 2. The van der Waals surface area contributed by atoms with Crippen LogP contribution < -0.4 is 10.6 Å². The zero-order valence-electron chi connectivity index (χ0n) is 19.8. The van der Waals surface area contributed by atoms with Gasteiger partial charge in [-0.15, -0.1) is 5.92 Å². The van der Waals surface area contributed by atoms with E-state index in [4.69, 9.17) is 0 Å². The largest absolute Gasteiger partial charge is 0.355 e. The van der Waals surface area contributed by atoms with E-state index >= 15 is 0 Å². The minimum absolute atomic E-state index is 0.295. The van der Waals surface area contributed by atoms with Crippen LogP contribution in [-0.4, -0.2) is 47.2 Å². The third-order valence-electron chi connectivity index (χ3n) is 5.52. The summed E-state index contributed by atoms with van der Waals surface area (Å²) in [5.74, 6) is 6.44. The third kappa shape index (κ3) is 5.74. The number of amidine groups is 1. The Morgan fingerprint density at radius 1 is 1.00 bits per heavy atom. The van der Waals surface area contributed by atoms with Crippen molar-refractivity contribution in [3.05, 3.63) is 89.1 Å². The molecule has 4 rings (SSSR count). The van der Waals surface area contributed by atoms with Crippen LogP contribution in [0, 0.1) is 11.8 Å². The van der Waals surface area contributed by atoms with Gasteiger partial charge in [0.25, 0.3) is 11.8 Å². The fourth-order valence-corrected chi connectivity index (χ4v) is 3.87. The van der Waals surface area contributed by atoms with E-state index in [1.54, 1.807) is 61.7 Å². The molecule has 1 aliphatic rings. The maximum Gasteiger partial charge on any atom is 0.258 e. The van der Waals surface area contributed by atoms with Gasteiger partial charge in [0, 0.05) is 36.0 Å². The monoisotopic (exact) mass is 465 g/mol. The SMILES string of the molecule is CC#Cc1ccc(NC(=O)c2ccccc2NC(=O)c2ccc(C3=NCCN3CCC)cc2)nc1. The summed E-state index contributed by atoms with van der Waals surface area (Å²) in [5.41, 5.74) is 3.02. The molecule has 0 atom stereocenters. The molecule has 0 aliphatic carbocycles. The van der Waals surface area contributed by atoms with Crippen LogP contribution in [0.5, 0.6) is 0 Å². The smallest absolute Gasteiger partial charge is 0.258 e. The van der Waals surface area contributed by atoms with Gasteiger partial charge in [-0.2, -0.15) is 0 Å². The van der Waals surface area contributed by atoms with Crippen molar-refractivity contribution in [1.29, 1.82) is 0 Å². The number of rotatable bonds is 7. The van der Waals surface area contributed by atoms with Gasteiger partial charge < -0.3 is 15.5 Å². The van der Waals surface area contributed by atoms with E-state index in [9.17, 15) is 9.59 Å². The first kappa shape index (κ1) is 23.7. The molecule has 2 aromatic carbocycles. The number of benzene rings is 2. The summed E-state index contributed by atoms with van der Waals surface area (Å²) in [5, 5.41) is 5.63. The lowest BCUT2D eigenvalue weighted by Crippen LogP contribution is -2.29. The summed E-state index contributed by atoms with van der Waals surface area (Å²) in [7, 11) is 0. The number of carbonyl (C=O) groups is 2. The molecule has 0 fully saturated rings. The van der Waals surface area contributed by atoms with Crippen molar-refractivity contribution in [3.8, 4) is 11.8 Å². The van der Waals surface area contributed by atoms with Gasteiger partial charge >= 0.3 is 0 Å². The fraction of sp³-hybridized carbons (Fsp3) is 0.214. The first-order valence-electron chi connectivity index (χ1n) is 11.6. The molecule has 1 aliphatic heterocycles. The number of carbonyl (C=O) groups excluding carboxylic acids is 2. The average molecular weight is 466 g/mol. The van der Waals surface area contributed by atoms with Gasteiger partial charge in [-0.1, -0.05) is 37.1 Å². The highest BCUT2D eigenvalue weighted by atomic mass is 16.2. The van der Waals surface area contributed by atoms with Crippen LogP contribution >= 0.6 is 0 Å². The molecule has 0 unspecified atom stereocenters. The van der Waals surface area contributed by atoms with Gasteiger partial charge in [-0.3, -0.25) is 14.6 Å². The van der Waals surface area contributed by atoms with Crippen molar-refractivity contribution in [2.75, 3.05) is 30.3 Å². The molecule has 0 saturated heterocycles. The maximum absolute atomic E-state index is 12.9. The lowest BCUT2D eigenvalue weighted by atomic mass is 10.1. The number of pyridine rings is 1. The summed E-state index contributed by atoms with van der Waals surface area (Å²) in [6.07, 6.45) is 2.66. The standard InChI is InChI=1S/C28H27N5O2/c1-3-7-20-10-15-25(30-19-20)32-28(35)23-8-5-6-9-24(23)31-27(34)22-13-11-21(12-14-22)26-29-16-18-33(26)17-4-2/h5-6,8-15,19H,4,16-18H2,1-2H3,(H,31,34)(H,30,32,35). The summed E-state index contributed by atoms with van der Waals surface area (Å²) >= 11 is 0. The topological polar surface area (TPSA) is 86.7 Å². The van der Waals surface area contributed by atoms with E-state index in [-0.39, 0.29) is 11.8 Å². The Hall–Kier alpha value is -4.44. The van der Waals surface area contributed by atoms with Gasteiger partial charge in [0.1, 0.15) is 11.7 Å². The van der Waals surface area contributed by atoms with Gasteiger partial charge in [-0.05, 0) is 49.7 Å². The second kappa shape index (κ2) is 11.1. The minimum Gasteiger partial charge on any atom is -0.355 e. The summed E-state index contributed by atoms with van der Waals surface area (Å²) < 4.78 is 0. The van der Waals surface area contributed by atoms with E-state index in [1.807, 2.05) is 12.1 Å². The molecule has 0 radical (unpaired) electrons. The first-order chi connectivity index (χ1) is 17.1. The third-order valence-corrected chi connectivity index (χ3v) is 5.52. The number of nitrogens with zero attached hydrogens (tertiary/aromatic N) is 3. The van der Waals surface area contributed by atoms with E-state index in [0.717, 1.165) is 43.0 Å². The molecule has 176 valence electrons. The van der Waals surface area contributed by atoms with Crippen molar-refractivity contribution in [1.82, 2.24) is 9.88 Å². The summed E-state index contributed by atoms with van der Waals surface area (Å²) in [6.45, 7) is 6.59. The van der Waals surface area contributed by atoms with Crippen molar-refractivity contribution in [3.63, 3.8) is 0 Å². The number of para-hydroxylation sites is 1. The molecule has 2 heterocycles. The van der Waals surface area contributed by atoms with Gasteiger partial charge in [0.2, 0.25) is 0 Å². The van der Waals surface area contributed by atoms with Crippen molar-refractivity contribution >= 4 is 29.2 Å². The molecule has 0 bridgehead atoms. The van der Waals surface area contributed by atoms with E-state index in [2.05, 4.69) is 44.3 Å². The van der Waals surface area contributed by atoms with Gasteiger partial charge in [0.15, 0.2) is 0 Å². The molecule has 7 heteroatoms. The molecular formula is C28H27N5O2. The predicted molar refractivity (Wildman–Crippen MR) is 139 cm³/mol. The number of anilines is 2. The summed E-state index contributed by atoms with van der Waals surface area (Å²) in [4.78, 5) is 36.9. The van der Waals surface area contributed by atoms with Crippen LogP contribution in [0.4, 0.5) is 11.5 Å². The van der Waals surface area contributed by atoms with Crippen LogP contribution in [0.2, 0.25) is 0 Å². The molecule has 0 spiro atoms. The van der Waals surface area contributed by atoms with Crippen LogP contribution in [-0.2, 0) is 0 Å². The highest BCUT2D eigenvalue weighted by molar-refractivity contribution is 6.12. The molecule has 2 N–H and O–H groups in total. The Morgan fingerprint density at radius 2 is 1.80 bits per heavy atom. The molecular weight excluding hydrogens is 438 g/mol. The molecule has 7 nitrogen and oxygen atoms in total. The number of amides is 2. The van der Waals surface area contributed by atoms with E-state index < -0.39 is 0 Å². The van der Waals surface area contributed by atoms with Crippen LogP contribution in [0.15, 0.2) is 71.9 Å². The zero-order chi connectivity index (χ0) is 24.6. The van der Waals surface area contributed by atoms with Crippen LogP contribution in [0.3, 0.4) is 0 Å². The number of aromatic nitrogens is 1. The van der Waals surface area contributed by atoms with Crippen LogP contribution in [0.1, 0.15) is 52.1 Å². The predicted octanol–water partition coefficient (Wildman–Crippen LogP) is 4.43. The molecule has 0 saturated carbocycles. The number of hydrogen-bond acceptors (Lipinski definition) is 5. The lowest BCUT2D eigenvalue weighted by molar-refractivity contribution is 0.102. The highest BCUT2D eigenvalue weighted by Crippen LogP contribution is 2.19. The second-order valence-corrected chi connectivity index (χ2v) is 8.03. The molecule has 35 heavy (non-hydrogen) atoms. The Bertz CT molecular complexity index is 1300. The average Bonchev–Trinajstić information content (AvgIpc) is 3.34. The Morgan fingerprint density at radius 3 is 2.51 bits per heavy atom. The fourth-order valence-electron chi connectivity index (χ4n) is 3.87.